The number of carbonyl (C=O) groups is 2. The van der Waals surface area contributed by atoms with E-state index in [0.29, 0.717) is 0 Å². The Balaban J connectivity index is 2.66. The molecule has 1 rings (SSSR count). The molecule has 0 fully saturated rings. The topological polar surface area (TPSA) is 69.6 Å². The lowest BCUT2D eigenvalue weighted by Crippen LogP contribution is -2.50. The van der Waals surface area contributed by atoms with E-state index in [1.165, 1.54) is 4.90 Å². The van der Waals surface area contributed by atoms with Crippen molar-refractivity contribution in [2.75, 3.05) is 19.1 Å². The molecule has 0 radical (unpaired) electrons. The van der Waals surface area contributed by atoms with Gasteiger partial charge in [0.15, 0.2) is 0 Å². The van der Waals surface area contributed by atoms with Gasteiger partial charge in [-0.2, -0.15) is 11.8 Å². The molecule has 1 aromatic rings. The molecule has 0 bridgehead atoms. The van der Waals surface area contributed by atoms with Gasteiger partial charge in [0.25, 0.3) is 0 Å². The molecule has 0 heterocycles. The second-order valence-corrected chi connectivity index (χ2v) is 5.86. The zero-order valence-corrected chi connectivity index (χ0v) is 13.4. The van der Waals surface area contributed by atoms with Crippen molar-refractivity contribution in [2.24, 2.45) is 0 Å². The summed E-state index contributed by atoms with van der Waals surface area (Å²) in [6, 6.07) is 8.03. The smallest absolute Gasteiger partial charge is 0.326 e. The number of carbonyl (C=O) groups excluding carboxylic acids is 1. The first-order valence-electron chi connectivity index (χ1n) is 6.74. The van der Waals surface area contributed by atoms with Crippen LogP contribution < -0.4 is 5.32 Å². The molecule has 0 aromatic heterocycles. The van der Waals surface area contributed by atoms with Crippen LogP contribution in [-0.4, -0.2) is 53.1 Å². The Morgan fingerprint density at radius 1 is 1.33 bits per heavy atom. The van der Waals surface area contributed by atoms with Crippen LogP contribution in [-0.2, 0) is 11.2 Å². The molecular formula is C15H22N2O3S. The molecule has 1 aromatic carbocycles. The summed E-state index contributed by atoms with van der Waals surface area (Å²) < 4.78 is 0. The van der Waals surface area contributed by atoms with E-state index in [1.54, 1.807) is 18.8 Å². The first-order chi connectivity index (χ1) is 9.95. The number of carboxylic acids is 1. The number of hydrogen-bond donors (Lipinski definition) is 2. The Hall–Kier alpha value is -1.69. The van der Waals surface area contributed by atoms with Gasteiger partial charge in [0, 0.05) is 25.3 Å². The lowest BCUT2D eigenvalue weighted by Gasteiger charge is -2.26. The Bertz CT molecular complexity index is 467. The van der Waals surface area contributed by atoms with E-state index in [-0.39, 0.29) is 18.5 Å². The second kappa shape index (κ2) is 8.56. The number of thioether (sulfide) groups is 1. The van der Waals surface area contributed by atoms with Gasteiger partial charge in [-0.25, -0.2) is 9.59 Å². The van der Waals surface area contributed by atoms with E-state index in [2.05, 4.69) is 5.32 Å². The van der Waals surface area contributed by atoms with Crippen molar-refractivity contribution in [1.29, 1.82) is 0 Å². The van der Waals surface area contributed by atoms with E-state index < -0.39 is 12.0 Å². The molecule has 2 atom stereocenters. The number of urea groups is 1. The predicted molar refractivity (Wildman–Crippen MR) is 85.7 cm³/mol. The molecule has 0 saturated heterocycles. The number of benzene rings is 1. The summed E-state index contributed by atoms with van der Waals surface area (Å²) in [5.74, 6) is -0.224. The van der Waals surface area contributed by atoms with Gasteiger partial charge in [-0.15, -0.1) is 0 Å². The normalized spacial score (nSPS) is 13.3. The van der Waals surface area contributed by atoms with Gasteiger partial charge < -0.3 is 15.3 Å². The second-order valence-electron chi connectivity index (χ2n) is 4.95. The van der Waals surface area contributed by atoms with Gasteiger partial charge in [-0.3, -0.25) is 0 Å². The molecule has 0 aliphatic carbocycles. The molecular weight excluding hydrogens is 288 g/mol. The molecule has 0 saturated carbocycles. The summed E-state index contributed by atoms with van der Waals surface area (Å²) in [6.45, 7) is 1.93. The van der Waals surface area contributed by atoms with Crippen LogP contribution in [0, 0.1) is 0 Å². The van der Waals surface area contributed by atoms with Crippen LogP contribution in [0.15, 0.2) is 30.3 Å². The maximum Gasteiger partial charge on any atom is 0.326 e. The largest absolute Gasteiger partial charge is 0.480 e. The summed E-state index contributed by atoms with van der Waals surface area (Å²) in [5.41, 5.74) is 0.880. The Morgan fingerprint density at radius 2 is 1.95 bits per heavy atom. The van der Waals surface area contributed by atoms with E-state index in [1.807, 2.05) is 43.5 Å². The van der Waals surface area contributed by atoms with Crippen LogP contribution in [0.2, 0.25) is 0 Å². The van der Waals surface area contributed by atoms with E-state index >= 15 is 0 Å². The van der Waals surface area contributed by atoms with Crippen molar-refractivity contribution in [3.63, 3.8) is 0 Å². The fourth-order valence-corrected chi connectivity index (χ4v) is 2.56. The number of amides is 2. The van der Waals surface area contributed by atoms with Gasteiger partial charge in [0.1, 0.15) is 6.04 Å². The molecule has 116 valence electrons. The quantitative estimate of drug-likeness (QED) is 0.809. The average Bonchev–Trinajstić information content (AvgIpc) is 2.46. The summed E-state index contributed by atoms with van der Waals surface area (Å²) in [6.07, 6.45) is 2.24. The molecule has 2 amide bonds. The average molecular weight is 310 g/mol. The number of nitrogens with zero attached hydrogens (tertiary/aromatic N) is 1. The molecule has 2 N–H and O–H groups in total. The molecule has 6 heteroatoms. The van der Waals surface area contributed by atoms with Crippen LogP contribution in [0.5, 0.6) is 0 Å². The summed E-state index contributed by atoms with van der Waals surface area (Å²) in [5, 5.41) is 11.9. The zero-order valence-electron chi connectivity index (χ0n) is 12.6. The molecule has 0 aliphatic rings. The van der Waals surface area contributed by atoms with Gasteiger partial charge in [0.05, 0.1) is 0 Å². The Morgan fingerprint density at radius 3 is 2.48 bits per heavy atom. The molecule has 5 nitrogen and oxygen atoms in total. The number of aliphatic carboxylic acids is 1. The maximum absolute atomic E-state index is 12.1. The van der Waals surface area contributed by atoms with Crippen LogP contribution >= 0.6 is 11.8 Å². The lowest BCUT2D eigenvalue weighted by atomic mass is 10.1. The van der Waals surface area contributed by atoms with Crippen molar-refractivity contribution in [3.8, 4) is 0 Å². The minimum atomic E-state index is -1.03. The van der Waals surface area contributed by atoms with E-state index in [4.69, 9.17) is 0 Å². The first-order valence-corrected chi connectivity index (χ1v) is 8.14. The van der Waals surface area contributed by atoms with Crippen LogP contribution in [0.25, 0.3) is 0 Å². The maximum atomic E-state index is 12.1. The highest BCUT2D eigenvalue weighted by Crippen LogP contribution is 2.07. The van der Waals surface area contributed by atoms with Crippen molar-refractivity contribution in [3.05, 3.63) is 35.9 Å². The Kier molecular flexibility index (Phi) is 7.08. The number of hydrogen-bond acceptors (Lipinski definition) is 3. The molecule has 1 unspecified atom stereocenters. The van der Waals surface area contributed by atoms with Gasteiger partial charge in [-0.1, -0.05) is 30.3 Å². The number of nitrogens with one attached hydrogen (secondary N) is 1. The zero-order chi connectivity index (χ0) is 15.8. The SMILES string of the molecule is CSCC(C)N(C)C(=O)N[C@@H](Cc1ccccc1)C(=O)O. The van der Waals surface area contributed by atoms with Crippen LogP contribution in [0.1, 0.15) is 12.5 Å². The Labute approximate surface area is 129 Å². The number of rotatable bonds is 7. The third kappa shape index (κ3) is 5.67. The summed E-state index contributed by atoms with van der Waals surface area (Å²) in [4.78, 5) is 25.0. The molecule has 0 aliphatic heterocycles. The molecule has 0 spiro atoms. The van der Waals surface area contributed by atoms with Crippen molar-refractivity contribution >= 4 is 23.8 Å². The highest BCUT2D eigenvalue weighted by Gasteiger charge is 2.23. The minimum absolute atomic E-state index is 0.0474. The highest BCUT2D eigenvalue weighted by atomic mass is 32.2. The highest BCUT2D eigenvalue weighted by molar-refractivity contribution is 7.98. The van der Waals surface area contributed by atoms with Gasteiger partial charge in [0.2, 0.25) is 0 Å². The van der Waals surface area contributed by atoms with E-state index in [9.17, 15) is 14.7 Å². The van der Waals surface area contributed by atoms with Crippen LogP contribution in [0.3, 0.4) is 0 Å². The van der Waals surface area contributed by atoms with Crippen molar-refractivity contribution < 1.29 is 14.7 Å². The van der Waals surface area contributed by atoms with E-state index in [0.717, 1.165) is 11.3 Å². The van der Waals surface area contributed by atoms with Crippen molar-refractivity contribution in [2.45, 2.75) is 25.4 Å². The van der Waals surface area contributed by atoms with Gasteiger partial charge in [-0.05, 0) is 18.7 Å². The standard InChI is InChI=1S/C15H22N2O3S/c1-11(10-21-3)17(2)15(20)16-13(14(18)19)9-12-7-5-4-6-8-12/h4-8,11,13H,9-10H2,1-3H3,(H,16,20)(H,18,19)/t11?,13-/m0/s1. The predicted octanol–water partition coefficient (Wildman–Crippen LogP) is 2.08. The number of carboxylic acid groups (broad SMARTS) is 1. The van der Waals surface area contributed by atoms with Gasteiger partial charge >= 0.3 is 12.0 Å². The van der Waals surface area contributed by atoms with Crippen molar-refractivity contribution in [1.82, 2.24) is 10.2 Å². The third-order valence-electron chi connectivity index (χ3n) is 3.27. The summed E-state index contributed by atoms with van der Waals surface area (Å²) in [7, 11) is 1.68. The first kappa shape index (κ1) is 17.4. The fraction of sp³-hybridized carbons (Fsp3) is 0.467. The monoisotopic (exact) mass is 310 g/mol. The lowest BCUT2D eigenvalue weighted by molar-refractivity contribution is -0.139. The fourth-order valence-electron chi connectivity index (χ4n) is 1.85. The molecule has 21 heavy (non-hydrogen) atoms. The summed E-state index contributed by atoms with van der Waals surface area (Å²) >= 11 is 1.65. The van der Waals surface area contributed by atoms with Crippen LogP contribution in [0.4, 0.5) is 4.79 Å². The third-order valence-corrected chi connectivity index (χ3v) is 4.08. The minimum Gasteiger partial charge on any atom is -0.480 e.